The quantitative estimate of drug-likeness (QED) is 0.933. The number of nitrogens with zero attached hydrogens (tertiary/aromatic N) is 3. The highest BCUT2D eigenvalue weighted by Gasteiger charge is 2.16. The number of carbonyl (C=O) groups is 1. The number of halogens is 3. The predicted octanol–water partition coefficient (Wildman–Crippen LogP) is 1.70. The normalized spacial score (nSPS) is 10.0. The lowest BCUT2D eigenvalue weighted by atomic mass is 10.2. The number of benzene rings is 1. The van der Waals surface area contributed by atoms with E-state index in [-0.39, 0.29) is 17.8 Å². The number of hydrogen-bond acceptors (Lipinski definition) is 4. The van der Waals surface area contributed by atoms with Gasteiger partial charge >= 0.3 is 0 Å². The highest BCUT2D eigenvalue weighted by atomic mass is 19.2. The Kier molecular flexibility index (Phi) is 4.13. The SMILES string of the molecule is N#Cc1cnc(F)c(C(=O)NCc2ccc(F)c(F)c2)n1. The molecule has 106 valence electrons. The van der Waals surface area contributed by atoms with Crippen molar-refractivity contribution < 1.29 is 18.0 Å². The highest BCUT2D eigenvalue weighted by molar-refractivity contribution is 5.92. The summed E-state index contributed by atoms with van der Waals surface area (Å²) < 4.78 is 39.1. The summed E-state index contributed by atoms with van der Waals surface area (Å²) in [4.78, 5) is 18.4. The lowest BCUT2D eigenvalue weighted by Crippen LogP contribution is -2.25. The van der Waals surface area contributed by atoms with Gasteiger partial charge in [0.15, 0.2) is 23.0 Å². The average molecular weight is 292 g/mol. The van der Waals surface area contributed by atoms with Crippen LogP contribution in [0, 0.1) is 28.9 Å². The van der Waals surface area contributed by atoms with E-state index in [4.69, 9.17) is 5.26 Å². The first-order valence-electron chi connectivity index (χ1n) is 5.66. The monoisotopic (exact) mass is 292 g/mol. The molecule has 21 heavy (non-hydrogen) atoms. The van der Waals surface area contributed by atoms with Crippen LogP contribution in [0.3, 0.4) is 0 Å². The molecular weight excluding hydrogens is 285 g/mol. The van der Waals surface area contributed by atoms with E-state index >= 15 is 0 Å². The molecule has 0 bridgehead atoms. The first-order valence-corrected chi connectivity index (χ1v) is 5.66. The molecule has 0 saturated heterocycles. The lowest BCUT2D eigenvalue weighted by Gasteiger charge is -2.06. The molecule has 1 amide bonds. The second-order valence-corrected chi connectivity index (χ2v) is 3.94. The van der Waals surface area contributed by atoms with Crippen molar-refractivity contribution in [2.75, 3.05) is 0 Å². The van der Waals surface area contributed by atoms with Crippen molar-refractivity contribution in [3.63, 3.8) is 0 Å². The minimum Gasteiger partial charge on any atom is -0.346 e. The van der Waals surface area contributed by atoms with Gasteiger partial charge in [-0.05, 0) is 17.7 Å². The number of nitriles is 1. The summed E-state index contributed by atoms with van der Waals surface area (Å²) in [6.07, 6.45) is 0.890. The summed E-state index contributed by atoms with van der Waals surface area (Å²) in [5, 5.41) is 10.9. The summed E-state index contributed by atoms with van der Waals surface area (Å²) in [6, 6.07) is 4.71. The largest absolute Gasteiger partial charge is 0.346 e. The van der Waals surface area contributed by atoms with Crippen LogP contribution in [0.5, 0.6) is 0 Å². The number of hydrogen-bond donors (Lipinski definition) is 1. The summed E-state index contributed by atoms with van der Waals surface area (Å²) in [5.74, 6) is -4.11. The van der Waals surface area contributed by atoms with Crippen molar-refractivity contribution in [1.29, 1.82) is 5.26 Å². The molecule has 0 aliphatic heterocycles. The first kappa shape index (κ1) is 14.5. The van der Waals surface area contributed by atoms with Crippen molar-refractivity contribution in [2.24, 2.45) is 0 Å². The van der Waals surface area contributed by atoms with Crippen LogP contribution in [0.1, 0.15) is 21.7 Å². The van der Waals surface area contributed by atoms with Crippen LogP contribution in [0.25, 0.3) is 0 Å². The Hall–Kier alpha value is -2.95. The zero-order valence-corrected chi connectivity index (χ0v) is 10.4. The Morgan fingerprint density at radius 2 is 2.05 bits per heavy atom. The molecule has 1 N–H and O–H groups in total. The maximum atomic E-state index is 13.3. The van der Waals surface area contributed by atoms with Crippen molar-refractivity contribution in [3.8, 4) is 6.07 Å². The number of rotatable bonds is 3. The van der Waals surface area contributed by atoms with Gasteiger partial charge in [-0.3, -0.25) is 4.79 Å². The van der Waals surface area contributed by atoms with E-state index in [0.29, 0.717) is 0 Å². The molecule has 5 nitrogen and oxygen atoms in total. The van der Waals surface area contributed by atoms with E-state index in [9.17, 15) is 18.0 Å². The Morgan fingerprint density at radius 3 is 2.71 bits per heavy atom. The lowest BCUT2D eigenvalue weighted by molar-refractivity contribution is 0.0940. The number of amides is 1. The van der Waals surface area contributed by atoms with Crippen LogP contribution in [-0.2, 0) is 6.54 Å². The minimum atomic E-state index is -1.13. The van der Waals surface area contributed by atoms with E-state index < -0.39 is 29.2 Å². The molecule has 0 aliphatic rings. The molecule has 1 aromatic carbocycles. The van der Waals surface area contributed by atoms with E-state index in [0.717, 1.165) is 18.3 Å². The summed E-state index contributed by atoms with van der Waals surface area (Å²) in [7, 11) is 0. The van der Waals surface area contributed by atoms with Gasteiger partial charge in [-0.15, -0.1) is 0 Å². The zero-order chi connectivity index (χ0) is 15.4. The van der Waals surface area contributed by atoms with Gasteiger partial charge in [0.1, 0.15) is 6.07 Å². The molecule has 0 aliphatic carbocycles. The van der Waals surface area contributed by atoms with Crippen LogP contribution in [-0.4, -0.2) is 15.9 Å². The fraction of sp³-hybridized carbons (Fsp3) is 0.0769. The Bertz CT molecular complexity index is 743. The van der Waals surface area contributed by atoms with Crippen molar-refractivity contribution in [2.45, 2.75) is 6.54 Å². The average Bonchev–Trinajstić information content (AvgIpc) is 2.48. The maximum absolute atomic E-state index is 13.3. The zero-order valence-electron chi connectivity index (χ0n) is 10.4. The van der Waals surface area contributed by atoms with E-state index in [1.165, 1.54) is 6.07 Å². The topological polar surface area (TPSA) is 78.7 Å². The molecule has 1 heterocycles. The van der Waals surface area contributed by atoms with Gasteiger partial charge in [0.05, 0.1) is 6.20 Å². The molecule has 0 radical (unpaired) electrons. The molecule has 0 fully saturated rings. The van der Waals surface area contributed by atoms with Crippen LogP contribution in [0.2, 0.25) is 0 Å². The molecule has 0 atom stereocenters. The summed E-state index contributed by atoms with van der Waals surface area (Å²) in [5.41, 5.74) is -0.571. The summed E-state index contributed by atoms with van der Waals surface area (Å²) in [6.45, 7) is -0.159. The number of nitrogens with one attached hydrogen (secondary N) is 1. The second kappa shape index (κ2) is 6.00. The van der Waals surface area contributed by atoms with Gasteiger partial charge in [-0.2, -0.15) is 9.65 Å². The molecule has 0 saturated carbocycles. The number of carbonyl (C=O) groups excluding carboxylic acids is 1. The number of aromatic nitrogens is 2. The molecule has 0 unspecified atom stereocenters. The molecular formula is C13H7F3N4O. The van der Waals surface area contributed by atoms with Crippen molar-refractivity contribution in [1.82, 2.24) is 15.3 Å². The minimum absolute atomic E-state index is 0.159. The van der Waals surface area contributed by atoms with Crippen LogP contribution in [0.4, 0.5) is 13.2 Å². The van der Waals surface area contributed by atoms with Gasteiger partial charge in [0.25, 0.3) is 5.91 Å². The van der Waals surface area contributed by atoms with Gasteiger partial charge in [0.2, 0.25) is 5.95 Å². The third-order valence-electron chi connectivity index (χ3n) is 2.49. The summed E-state index contributed by atoms with van der Waals surface area (Å²) >= 11 is 0. The van der Waals surface area contributed by atoms with Gasteiger partial charge in [-0.25, -0.2) is 18.7 Å². The fourth-order valence-electron chi connectivity index (χ4n) is 1.49. The third-order valence-corrected chi connectivity index (χ3v) is 2.49. The Morgan fingerprint density at radius 1 is 1.29 bits per heavy atom. The molecule has 0 spiro atoms. The first-order chi connectivity index (χ1) is 10.0. The maximum Gasteiger partial charge on any atom is 0.274 e. The van der Waals surface area contributed by atoms with Crippen LogP contribution in [0.15, 0.2) is 24.4 Å². The van der Waals surface area contributed by atoms with Crippen molar-refractivity contribution >= 4 is 5.91 Å². The van der Waals surface area contributed by atoms with Crippen LogP contribution < -0.4 is 5.32 Å². The standard InChI is InChI=1S/C13H7F3N4O/c14-9-2-1-7(3-10(9)15)5-19-13(21)11-12(16)18-6-8(4-17)20-11/h1-3,6H,5H2,(H,19,21). The van der Waals surface area contributed by atoms with Gasteiger partial charge in [0, 0.05) is 6.54 Å². The molecule has 2 aromatic rings. The highest BCUT2D eigenvalue weighted by Crippen LogP contribution is 2.09. The van der Waals surface area contributed by atoms with Gasteiger partial charge in [-0.1, -0.05) is 6.07 Å². The fourth-order valence-corrected chi connectivity index (χ4v) is 1.49. The smallest absolute Gasteiger partial charge is 0.274 e. The van der Waals surface area contributed by atoms with Crippen molar-refractivity contribution in [3.05, 3.63) is 58.9 Å². The van der Waals surface area contributed by atoms with Gasteiger partial charge < -0.3 is 5.32 Å². The van der Waals surface area contributed by atoms with E-state index in [2.05, 4.69) is 15.3 Å². The molecule has 8 heteroatoms. The van der Waals surface area contributed by atoms with E-state index in [1.54, 1.807) is 6.07 Å². The van der Waals surface area contributed by atoms with E-state index in [1.807, 2.05) is 0 Å². The molecule has 1 aromatic heterocycles. The molecule has 2 rings (SSSR count). The second-order valence-electron chi connectivity index (χ2n) is 3.94. The predicted molar refractivity (Wildman–Crippen MR) is 64.2 cm³/mol. The van der Waals surface area contributed by atoms with Crippen LogP contribution >= 0.6 is 0 Å². The Balaban J connectivity index is 2.11. The third kappa shape index (κ3) is 3.33. The Labute approximate surface area is 117 Å².